The summed E-state index contributed by atoms with van der Waals surface area (Å²) in [6.07, 6.45) is 0. The maximum atomic E-state index is 9.38. The minimum atomic E-state index is -0.769. The van der Waals surface area contributed by atoms with Gasteiger partial charge in [-0.15, -0.1) is 0 Å². The molecule has 0 aliphatic carbocycles. The zero-order valence-corrected chi connectivity index (χ0v) is 20.5. The average molecular weight is 441 g/mol. The van der Waals surface area contributed by atoms with Gasteiger partial charge in [0.2, 0.25) is 0 Å². The van der Waals surface area contributed by atoms with E-state index in [1.54, 1.807) is 23.9 Å². The van der Waals surface area contributed by atoms with Gasteiger partial charge in [-0.1, -0.05) is 83.6 Å². The van der Waals surface area contributed by atoms with Crippen LogP contribution in [0.4, 0.5) is 0 Å². The largest absolute Gasteiger partial charge is 0.508 e. The summed E-state index contributed by atoms with van der Waals surface area (Å²) in [7, 11) is -0.769. The van der Waals surface area contributed by atoms with E-state index in [9.17, 15) is 5.11 Å². The Hall–Kier alpha value is -1.96. The van der Waals surface area contributed by atoms with Crippen molar-refractivity contribution >= 4 is 25.2 Å². The lowest BCUT2D eigenvalue weighted by atomic mass is 10.3. The highest BCUT2D eigenvalue weighted by molar-refractivity contribution is 7.99. The van der Waals surface area contributed by atoms with Gasteiger partial charge < -0.3 is 9.63 Å². The molecule has 3 aromatic carbocycles. The molecule has 0 aliphatic heterocycles. The van der Waals surface area contributed by atoms with Crippen LogP contribution in [-0.2, 0) is 0 Å². The van der Waals surface area contributed by atoms with Crippen molar-refractivity contribution < 1.29 is 9.63 Å². The first-order valence-electron chi connectivity index (χ1n) is 10.3. The number of hydrogen-bond donors (Lipinski definition) is 1. The Morgan fingerprint density at radius 1 is 0.767 bits per heavy atom. The van der Waals surface area contributed by atoms with Crippen molar-refractivity contribution in [1.82, 2.24) is 0 Å². The van der Waals surface area contributed by atoms with E-state index in [-0.39, 0.29) is 10.9 Å². The van der Waals surface area contributed by atoms with Gasteiger partial charge in [0.1, 0.15) is 19.6 Å². The Morgan fingerprint density at radius 3 is 1.70 bits per heavy atom. The van der Waals surface area contributed by atoms with E-state index in [1.165, 1.54) is 5.30 Å². The first-order chi connectivity index (χ1) is 14.1. The molecule has 0 aliphatic rings. The van der Waals surface area contributed by atoms with Gasteiger partial charge in [0.25, 0.3) is 0 Å². The Labute approximate surface area is 187 Å². The summed E-state index contributed by atoms with van der Waals surface area (Å²) in [6.45, 7) is 13.2. The third-order valence-corrected chi connectivity index (χ3v) is 7.09. The topological polar surface area (TPSA) is 29.5 Å². The van der Waals surface area contributed by atoms with Crippen LogP contribution >= 0.6 is 19.9 Å². The molecule has 0 heterocycles. The van der Waals surface area contributed by atoms with Gasteiger partial charge in [-0.25, -0.2) is 0 Å². The highest BCUT2D eigenvalue weighted by Gasteiger charge is 2.29. The molecular weight excluding hydrogens is 407 g/mol. The second-order valence-corrected chi connectivity index (χ2v) is 12.5. The van der Waals surface area contributed by atoms with E-state index in [1.807, 2.05) is 30.3 Å². The molecule has 4 heteroatoms. The quantitative estimate of drug-likeness (QED) is 0.406. The van der Waals surface area contributed by atoms with Gasteiger partial charge in [-0.05, 0) is 54.4 Å². The van der Waals surface area contributed by atoms with Crippen molar-refractivity contribution in [1.29, 1.82) is 0 Å². The zero-order chi connectivity index (χ0) is 22.1. The smallest absolute Gasteiger partial charge is 0.124 e. The molecule has 30 heavy (non-hydrogen) atoms. The first kappa shape index (κ1) is 24.3. The Balaban J connectivity index is 0.000000735. The lowest BCUT2D eigenvalue weighted by Crippen LogP contribution is -2.22. The molecule has 0 saturated carbocycles. The van der Waals surface area contributed by atoms with Crippen LogP contribution in [0.25, 0.3) is 0 Å². The number of rotatable bonds is 5. The minimum absolute atomic E-state index is 0.0517. The predicted octanol–water partition coefficient (Wildman–Crippen LogP) is 8.11. The highest BCUT2D eigenvalue weighted by atomic mass is 32.2. The molecule has 0 saturated heterocycles. The molecule has 0 spiro atoms. The average Bonchev–Trinajstić information content (AvgIpc) is 2.68. The summed E-state index contributed by atoms with van der Waals surface area (Å²) in [6, 6.07) is 25.9. The van der Waals surface area contributed by atoms with Crippen molar-refractivity contribution in [2.45, 2.75) is 56.5 Å². The number of benzene rings is 3. The monoisotopic (exact) mass is 440 g/mol. The van der Waals surface area contributed by atoms with Crippen LogP contribution in [0.5, 0.6) is 11.5 Å². The number of hydrogen-bond acceptors (Lipinski definition) is 3. The third-order valence-electron chi connectivity index (χ3n) is 3.69. The predicted molar refractivity (Wildman–Crippen MR) is 133 cm³/mol. The first-order valence-corrected chi connectivity index (χ1v) is 12.3. The van der Waals surface area contributed by atoms with Gasteiger partial charge in [-0.2, -0.15) is 0 Å². The molecule has 0 aromatic heterocycles. The summed E-state index contributed by atoms with van der Waals surface area (Å²) in [5.74, 6) is 2.01. The fourth-order valence-electron chi connectivity index (χ4n) is 2.46. The highest BCUT2D eigenvalue weighted by Crippen LogP contribution is 2.49. The van der Waals surface area contributed by atoms with E-state index >= 15 is 0 Å². The van der Waals surface area contributed by atoms with Crippen molar-refractivity contribution in [2.75, 3.05) is 0 Å². The molecule has 0 bridgehead atoms. The van der Waals surface area contributed by atoms with E-state index in [4.69, 9.17) is 4.52 Å². The van der Waals surface area contributed by atoms with Crippen LogP contribution < -0.4 is 9.83 Å². The van der Waals surface area contributed by atoms with E-state index < -0.39 is 8.15 Å². The van der Waals surface area contributed by atoms with Crippen molar-refractivity contribution in [2.24, 2.45) is 5.92 Å². The van der Waals surface area contributed by atoms with Crippen LogP contribution in [0.1, 0.15) is 41.5 Å². The summed E-state index contributed by atoms with van der Waals surface area (Å²) in [4.78, 5) is 2.24. The van der Waals surface area contributed by atoms with Gasteiger partial charge in [0.15, 0.2) is 0 Å². The third kappa shape index (κ3) is 8.42. The molecular formula is C26H33O2PS. The Morgan fingerprint density at radius 2 is 1.23 bits per heavy atom. The van der Waals surface area contributed by atoms with Crippen LogP contribution in [-0.4, -0.2) is 10.3 Å². The number of aromatic hydroxyl groups is 1. The molecule has 1 atom stereocenters. The molecule has 0 radical (unpaired) electrons. The van der Waals surface area contributed by atoms with Gasteiger partial charge in [0.05, 0.1) is 0 Å². The fourth-order valence-corrected chi connectivity index (χ4v) is 5.21. The standard InChI is InChI=1S/C22H23O2PS.C4H10/c1-22(2,3)25(19-7-5-4-6-8-19)24-18-11-15-21(16-12-18)26-20-13-9-17(23)10-14-20;1-4(2)3/h4-16,23H,1-3H3;4H,1-3H3. The van der Waals surface area contributed by atoms with Crippen LogP contribution in [0, 0.1) is 5.92 Å². The van der Waals surface area contributed by atoms with Crippen LogP contribution in [0.3, 0.4) is 0 Å². The lowest BCUT2D eigenvalue weighted by Gasteiger charge is -2.30. The lowest BCUT2D eigenvalue weighted by molar-refractivity contribution is 0.475. The Bertz CT molecular complexity index is 867. The van der Waals surface area contributed by atoms with Crippen molar-refractivity contribution in [3.63, 3.8) is 0 Å². The number of phenols is 1. The SMILES string of the molecule is CC(C)(C)P(Oc1ccc(Sc2ccc(O)cc2)cc1)c1ccccc1.CC(C)C. The van der Waals surface area contributed by atoms with E-state index in [2.05, 4.69) is 77.9 Å². The van der Waals surface area contributed by atoms with Crippen LogP contribution in [0.2, 0.25) is 0 Å². The second kappa shape index (κ2) is 11.4. The molecule has 0 amide bonds. The normalized spacial score (nSPS) is 12.1. The molecule has 0 fully saturated rings. The molecule has 3 rings (SSSR count). The molecule has 2 nitrogen and oxygen atoms in total. The summed E-state index contributed by atoms with van der Waals surface area (Å²) >= 11 is 1.66. The van der Waals surface area contributed by atoms with E-state index in [0.29, 0.717) is 0 Å². The molecule has 3 aromatic rings. The van der Waals surface area contributed by atoms with E-state index in [0.717, 1.165) is 21.5 Å². The van der Waals surface area contributed by atoms with Crippen molar-refractivity contribution in [3.8, 4) is 11.5 Å². The van der Waals surface area contributed by atoms with Crippen molar-refractivity contribution in [3.05, 3.63) is 78.9 Å². The second-order valence-electron chi connectivity index (χ2n) is 8.69. The van der Waals surface area contributed by atoms with Gasteiger partial charge in [0, 0.05) is 20.3 Å². The van der Waals surface area contributed by atoms with Crippen LogP contribution in [0.15, 0.2) is 88.7 Å². The van der Waals surface area contributed by atoms with Gasteiger partial charge >= 0.3 is 0 Å². The summed E-state index contributed by atoms with van der Waals surface area (Å²) < 4.78 is 6.41. The zero-order valence-electron chi connectivity index (χ0n) is 18.8. The summed E-state index contributed by atoms with van der Waals surface area (Å²) in [5, 5.41) is 10.7. The Kier molecular flexibility index (Phi) is 9.27. The van der Waals surface area contributed by atoms with Gasteiger partial charge in [-0.3, -0.25) is 0 Å². The molecule has 160 valence electrons. The molecule has 1 N–H and O–H groups in total. The summed E-state index contributed by atoms with van der Waals surface area (Å²) in [5.41, 5.74) is 0. The minimum Gasteiger partial charge on any atom is -0.508 e. The number of phenolic OH excluding ortho intramolecular Hbond substituents is 1. The maximum absolute atomic E-state index is 9.38. The maximum Gasteiger partial charge on any atom is 0.124 e. The fraction of sp³-hybridized carbons (Fsp3) is 0.308. The molecule has 1 unspecified atom stereocenters.